The first-order valence-electron chi connectivity index (χ1n) is 4.76. The fourth-order valence-corrected chi connectivity index (χ4v) is 1.41. The molecule has 0 aliphatic heterocycles. The number of aliphatic hydroxyl groups excluding tert-OH is 1. The molecule has 0 radical (unpaired) electrons. The Morgan fingerprint density at radius 1 is 1.50 bits per heavy atom. The minimum atomic E-state index is -0.252. The van der Waals surface area contributed by atoms with Crippen LogP contribution in [-0.4, -0.2) is 22.0 Å². The van der Waals surface area contributed by atoms with Crippen LogP contribution in [0.15, 0.2) is 27.7 Å². The number of rotatable bonds is 3. The molecule has 5 nitrogen and oxygen atoms in total. The van der Waals surface area contributed by atoms with Crippen molar-refractivity contribution in [3.8, 4) is 11.4 Å². The first kappa shape index (κ1) is 10.5. The molecular formula is C11H11N3O2. The van der Waals surface area contributed by atoms with E-state index in [0.717, 1.165) is 16.8 Å². The molecule has 0 spiro atoms. The van der Waals surface area contributed by atoms with Crippen molar-refractivity contribution >= 4 is 12.4 Å². The molecule has 1 heterocycles. The van der Waals surface area contributed by atoms with Gasteiger partial charge in [-0.15, -0.1) is 0 Å². The van der Waals surface area contributed by atoms with Gasteiger partial charge in [0, 0.05) is 5.56 Å². The van der Waals surface area contributed by atoms with Gasteiger partial charge in [-0.1, -0.05) is 5.16 Å². The summed E-state index contributed by atoms with van der Waals surface area (Å²) in [6.07, 6.45) is 0. The van der Waals surface area contributed by atoms with Crippen LogP contribution in [0.25, 0.3) is 11.4 Å². The zero-order valence-electron chi connectivity index (χ0n) is 8.84. The van der Waals surface area contributed by atoms with Gasteiger partial charge in [-0.05, 0) is 37.4 Å². The van der Waals surface area contributed by atoms with Gasteiger partial charge < -0.3 is 9.63 Å². The number of hydrogen-bond donors (Lipinski definition) is 1. The Labute approximate surface area is 92.5 Å². The van der Waals surface area contributed by atoms with E-state index in [1.54, 1.807) is 0 Å². The molecule has 0 bridgehead atoms. The Bertz CT molecular complexity index is 520. The van der Waals surface area contributed by atoms with E-state index in [4.69, 9.17) is 9.63 Å². The van der Waals surface area contributed by atoms with Crippen molar-refractivity contribution in [3.05, 3.63) is 29.7 Å². The number of aryl methyl sites for hydroxylation is 1. The van der Waals surface area contributed by atoms with Crippen molar-refractivity contribution in [3.63, 3.8) is 0 Å². The predicted octanol–water partition coefficient (Wildman–Crippen LogP) is 1.87. The summed E-state index contributed by atoms with van der Waals surface area (Å²) in [6, 6.07) is 5.58. The summed E-state index contributed by atoms with van der Waals surface area (Å²) in [5, 5.41) is 12.6. The number of hydrogen-bond acceptors (Lipinski definition) is 5. The van der Waals surface area contributed by atoms with Gasteiger partial charge in [0.05, 0.1) is 5.69 Å². The van der Waals surface area contributed by atoms with Crippen LogP contribution in [0.2, 0.25) is 0 Å². The Balaban J connectivity index is 2.40. The van der Waals surface area contributed by atoms with E-state index in [-0.39, 0.29) is 12.5 Å². The number of aliphatic imine (C=N–C) groups is 1. The molecule has 1 N–H and O–H groups in total. The number of aliphatic hydroxyl groups is 1. The second-order valence-corrected chi connectivity index (χ2v) is 3.33. The maximum absolute atomic E-state index is 8.82. The molecule has 0 atom stereocenters. The summed E-state index contributed by atoms with van der Waals surface area (Å²) in [6.45, 7) is 5.16. The topological polar surface area (TPSA) is 71.5 Å². The monoisotopic (exact) mass is 217 g/mol. The largest absolute Gasteiger partial charge is 0.387 e. The zero-order chi connectivity index (χ0) is 11.5. The Hall–Kier alpha value is -2.01. The molecule has 0 unspecified atom stereocenters. The second-order valence-electron chi connectivity index (χ2n) is 3.33. The molecule has 1 aromatic carbocycles. The third kappa shape index (κ3) is 1.85. The van der Waals surface area contributed by atoms with E-state index in [1.165, 1.54) is 0 Å². The van der Waals surface area contributed by atoms with Crippen LogP contribution < -0.4 is 0 Å². The molecule has 0 amide bonds. The van der Waals surface area contributed by atoms with Crippen molar-refractivity contribution in [2.75, 3.05) is 0 Å². The second kappa shape index (κ2) is 4.24. The smallest absolute Gasteiger partial charge is 0.252 e. The van der Waals surface area contributed by atoms with Crippen LogP contribution in [0.4, 0.5) is 5.69 Å². The summed E-state index contributed by atoms with van der Waals surface area (Å²) in [5.41, 5.74) is 2.64. The maximum atomic E-state index is 8.82. The fraction of sp³-hybridized carbons (Fsp3) is 0.182. The highest BCUT2D eigenvalue weighted by Crippen LogP contribution is 2.24. The Morgan fingerprint density at radius 3 is 2.88 bits per heavy atom. The highest BCUT2D eigenvalue weighted by Gasteiger charge is 2.08. The molecule has 2 aromatic rings. The lowest BCUT2D eigenvalue weighted by Crippen LogP contribution is -1.84. The van der Waals surface area contributed by atoms with Gasteiger partial charge in [0.1, 0.15) is 6.61 Å². The third-order valence-electron chi connectivity index (χ3n) is 2.23. The van der Waals surface area contributed by atoms with Crippen molar-refractivity contribution in [2.45, 2.75) is 13.5 Å². The van der Waals surface area contributed by atoms with Gasteiger partial charge in [-0.25, -0.2) is 0 Å². The molecular weight excluding hydrogens is 206 g/mol. The molecule has 16 heavy (non-hydrogen) atoms. The van der Waals surface area contributed by atoms with E-state index >= 15 is 0 Å². The van der Waals surface area contributed by atoms with Gasteiger partial charge in [-0.2, -0.15) is 4.98 Å². The summed E-state index contributed by atoms with van der Waals surface area (Å²) < 4.78 is 4.82. The summed E-state index contributed by atoms with van der Waals surface area (Å²) >= 11 is 0. The van der Waals surface area contributed by atoms with Crippen LogP contribution in [0.1, 0.15) is 11.5 Å². The van der Waals surface area contributed by atoms with Gasteiger partial charge in [0.15, 0.2) is 0 Å². The molecule has 0 aliphatic rings. The normalized spacial score (nSPS) is 10.4. The lowest BCUT2D eigenvalue weighted by atomic mass is 10.1. The van der Waals surface area contributed by atoms with E-state index in [0.29, 0.717) is 5.82 Å². The van der Waals surface area contributed by atoms with Crippen LogP contribution in [0, 0.1) is 6.92 Å². The molecule has 0 aliphatic carbocycles. The average molecular weight is 217 g/mol. The molecule has 2 rings (SSSR count). The van der Waals surface area contributed by atoms with E-state index < -0.39 is 0 Å². The third-order valence-corrected chi connectivity index (χ3v) is 2.23. The van der Waals surface area contributed by atoms with E-state index in [9.17, 15) is 0 Å². The number of nitrogens with zero attached hydrogens (tertiary/aromatic N) is 3. The molecule has 0 fully saturated rings. The first-order valence-corrected chi connectivity index (χ1v) is 4.76. The van der Waals surface area contributed by atoms with Crippen LogP contribution in [0.5, 0.6) is 0 Å². The Kier molecular flexibility index (Phi) is 2.78. The molecule has 0 saturated heterocycles. The molecule has 1 aromatic heterocycles. The van der Waals surface area contributed by atoms with E-state index in [1.807, 2.05) is 25.1 Å². The molecule has 0 saturated carbocycles. The maximum Gasteiger partial charge on any atom is 0.252 e. The van der Waals surface area contributed by atoms with Gasteiger partial charge >= 0.3 is 0 Å². The minimum Gasteiger partial charge on any atom is -0.387 e. The van der Waals surface area contributed by atoms with Crippen LogP contribution in [0.3, 0.4) is 0 Å². The van der Waals surface area contributed by atoms with Crippen LogP contribution in [-0.2, 0) is 6.61 Å². The number of aromatic nitrogens is 2. The standard InChI is InChI=1S/C11H11N3O2/c1-7-5-8(3-4-9(7)12-2)11-13-10(6-15)16-14-11/h3-5,15H,2,6H2,1H3. The van der Waals surface area contributed by atoms with Gasteiger partial charge in [0.2, 0.25) is 5.82 Å². The predicted molar refractivity (Wildman–Crippen MR) is 59.6 cm³/mol. The van der Waals surface area contributed by atoms with Crippen molar-refractivity contribution in [1.29, 1.82) is 0 Å². The summed E-state index contributed by atoms with van der Waals surface area (Å²) in [7, 11) is 0. The number of benzene rings is 1. The zero-order valence-corrected chi connectivity index (χ0v) is 8.84. The lowest BCUT2D eigenvalue weighted by Gasteiger charge is -2.00. The quantitative estimate of drug-likeness (QED) is 0.796. The highest BCUT2D eigenvalue weighted by molar-refractivity contribution is 5.62. The summed E-state index contributed by atoms with van der Waals surface area (Å²) in [5.74, 6) is 0.668. The van der Waals surface area contributed by atoms with Crippen LogP contribution >= 0.6 is 0 Å². The van der Waals surface area contributed by atoms with Gasteiger partial charge in [0.25, 0.3) is 5.89 Å². The van der Waals surface area contributed by atoms with Gasteiger partial charge in [-0.3, -0.25) is 4.99 Å². The van der Waals surface area contributed by atoms with Crippen molar-refractivity contribution in [1.82, 2.24) is 10.1 Å². The summed E-state index contributed by atoms with van der Waals surface area (Å²) in [4.78, 5) is 7.89. The van der Waals surface area contributed by atoms with Crippen molar-refractivity contribution < 1.29 is 9.63 Å². The Morgan fingerprint density at radius 2 is 2.31 bits per heavy atom. The first-order chi connectivity index (χ1) is 7.74. The molecule has 5 heteroatoms. The average Bonchev–Trinajstić information content (AvgIpc) is 2.77. The van der Waals surface area contributed by atoms with Crippen molar-refractivity contribution in [2.24, 2.45) is 4.99 Å². The van der Waals surface area contributed by atoms with E-state index in [2.05, 4.69) is 21.9 Å². The minimum absolute atomic E-state index is 0.207. The SMILES string of the molecule is C=Nc1ccc(-c2noc(CO)n2)cc1C. The fourth-order valence-electron chi connectivity index (χ4n) is 1.41. The lowest BCUT2D eigenvalue weighted by molar-refractivity contribution is 0.222. The molecule has 82 valence electrons. The highest BCUT2D eigenvalue weighted by atomic mass is 16.5.